The highest BCUT2D eigenvalue weighted by atomic mass is 35.5. The first-order valence-corrected chi connectivity index (χ1v) is 8.61. The van der Waals surface area contributed by atoms with Gasteiger partial charge in [-0.2, -0.15) is 0 Å². The van der Waals surface area contributed by atoms with E-state index in [9.17, 15) is 0 Å². The minimum Gasteiger partial charge on any atom is -0.362 e. The standard InChI is InChI=1S/C17H13ClN4OS/c1-10-8-24-17-15(10)16(20-9-21-17)19-7-11-6-14(22-23-11)12-4-2-3-5-13(12)18/h2-6,8-9H,7H2,1H3,(H,19,20,21). The zero-order chi connectivity index (χ0) is 16.5. The van der Waals surface area contributed by atoms with Gasteiger partial charge in [-0.05, 0) is 23.9 Å². The molecular formula is C17H13ClN4OS. The third-order valence-electron chi connectivity index (χ3n) is 3.69. The highest BCUT2D eigenvalue weighted by Gasteiger charge is 2.12. The van der Waals surface area contributed by atoms with Gasteiger partial charge in [-0.25, -0.2) is 9.97 Å². The van der Waals surface area contributed by atoms with Crippen LogP contribution < -0.4 is 5.32 Å². The van der Waals surface area contributed by atoms with Crippen molar-refractivity contribution in [3.8, 4) is 11.3 Å². The number of anilines is 1. The lowest BCUT2D eigenvalue weighted by Gasteiger charge is -2.04. The summed E-state index contributed by atoms with van der Waals surface area (Å²) in [5.74, 6) is 1.51. The Morgan fingerprint density at radius 2 is 2.12 bits per heavy atom. The van der Waals surface area contributed by atoms with Crippen molar-refractivity contribution >= 4 is 39.0 Å². The fourth-order valence-electron chi connectivity index (χ4n) is 2.51. The van der Waals surface area contributed by atoms with E-state index in [4.69, 9.17) is 16.1 Å². The van der Waals surface area contributed by atoms with E-state index in [1.54, 1.807) is 17.7 Å². The molecule has 4 rings (SSSR count). The number of halogens is 1. The number of hydrogen-bond acceptors (Lipinski definition) is 6. The smallest absolute Gasteiger partial charge is 0.156 e. The van der Waals surface area contributed by atoms with Gasteiger partial charge >= 0.3 is 0 Å². The molecule has 3 heterocycles. The molecule has 0 atom stereocenters. The van der Waals surface area contributed by atoms with Crippen LogP contribution in [0, 0.1) is 6.92 Å². The highest BCUT2D eigenvalue weighted by molar-refractivity contribution is 7.17. The number of aryl methyl sites for hydroxylation is 1. The lowest BCUT2D eigenvalue weighted by atomic mass is 10.1. The molecule has 3 aromatic heterocycles. The van der Waals surface area contributed by atoms with Gasteiger partial charge in [0.1, 0.15) is 22.7 Å². The van der Waals surface area contributed by atoms with Gasteiger partial charge < -0.3 is 9.84 Å². The van der Waals surface area contributed by atoms with E-state index in [1.807, 2.05) is 30.3 Å². The number of fused-ring (bicyclic) bond motifs is 1. The topological polar surface area (TPSA) is 63.8 Å². The van der Waals surface area contributed by atoms with Gasteiger partial charge in [0.25, 0.3) is 0 Å². The van der Waals surface area contributed by atoms with Crippen LogP contribution in [-0.2, 0) is 6.54 Å². The zero-order valence-corrected chi connectivity index (χ0v) is 14.4. The number of thiophene rings is 1. The van der Waals surface area contributed by atoms with Crippen LogP contribution in [-0.4, -0.2) is 15.1 Å². The molecule has 1 N–H and O–H groups in total. The molecule has 0 aliphatic rings. The Hall–Kier alpha value is -2.44. The molecule has 4 aromatic rings. The Balaban J connectivity index is 1.56. The summed E-state index contributed by atoms with van der Waals surface area (Å²) in [6.45, 7) is 2.54. The third kappa shape index (κ3) is 2.74. The predicted octanol–water partition coefficient (Wildman–Crippen LogP) is 4.92. The average molecular weight is 357 g/mol. The second-order valence-corrected chi connectivity index (χ2v) is 6.60. The van der Waals surface area contributed by atoms with E-state index in [0.717, 1.165) is 32.9 Å². The van der Waals surface area contributed by atoms with Crippen molar-refractivity contribution in [2.24, 2.45) is 0 Å². The highest BCUT2D eigenvalue weighted by Crippen LogP contribution is 2.30. The first-order chi connectivity index (χ1) is 11.7. The molecule has 0 spiro atoms. The summed E-state index contributed by atoms with van der Waals surface area (Å²) in [6.07, 6.45) is 1.57. The molecule has 120 valence electrons. The molecule has 5 nitrogen and oxygen atoms in total. The third-order valence-corrected chi connectivity index (χ3v) is 5.03. The maximum absolute atomic E-state index is 6.20. The maximum atomic E-state index is 6.20. The summed E-state index contributed by atoms with van der Waals surface area (Å²) >= 11 is 7.81. The summed E-state index contributed by atoms with van der Waals surface area (Å²) in [6, 6.07) is 9.44. The SMILES string of the molecule is Cc1csc2ncnc(NCc3cc(-c4ccccc4Cl)no3)c12. The Morgan fingerprint density at radius 1 is 1.25 bits per heavy atom. The van der Waals surface area contributed by atoms with Crippen LogP contribution in [0.4, 0.5) is 5.82 Å². The van der Waals surface area contributed by atoms with Gasteiger partial charge in [0.15, 0.2) is 5.76 Å². The number of nitrogens with one attached hydrogen (secondary N) is 1. The van der Waals surface area contributed by atoms with Gasteiger partial charge in [-0.15, -0.1) is 11.3 Å². The fraction of sp³-hybridized carbons (Fsp3) is 0.118. The van der Waals surface area contributed by atoms with Crippen molar-refractivity contribution in [1.82, 2.24) is 15.1 Å². The van der Waals surface area contributed by atoms with Crippen molar-refractivity contribution < 1.29 is 4.52 Å². The lowest BCUT2D eigenvalue weighted by Crippen LogP contribution is -2.01. The van der Waals surface area contributed by atoms with E-state index in [-0.39, 0.29) is 0 Å². The van der Waals surface area contributed by atoms with Gasteiger partial charge in [0.05, 0.1) is 17.0 Å². The minimum atomic E-state index is 0.485. The van der Waals surface area contributed by atoms with Crippen LogP contribution in [0.15, 0.2) is 46.6 Å². The molecule has 0 amide bonds. The van der Waals surface area contributed by atoms with Crippen molar-refractivity contribution in [2.75, 3.05) is 5.32 Å². The minimum absolute atomic E-state index is 0.485. The molecule has 0 aliphatic heterocycles. The van der Waals surface area contributed by atoms with Crippen molar-refractivity contribution in [2.45, 2.75) is 13.5 Å². The Bertz CT molecular complexity index is 1010. The number of benzene rings is 1. The van der Waals surface area contributed by atoms with Crippen LogP contribution >= 0.6 is 22.9 Å². The number of nitrogens with zero attached hydrogens (tertiary/aromatic N) is 3. The van der Waals surface area contributed by atoms with Crippen molar-refractivity contribution in [3.05, 3.63) is 58.4 Å². The summed E-state index contributed by atoms with van der Waals surface area (Å²) < 4.78 is 5.41. The van der Waals surface area contributed by atoms with Gasteiger partial charge in [-0.3, -0.25) is 0 Å². The molecule has 1 aromatic carbocycles. The summed E-state index contributed by atoms with van der Waals surface area (Å²) in [5, 5.41) is 11.2. The summed E-state index contributed by atoms with van der Waals surface area (Å²) in [7, 11) is 0. The van der Waals surface area contributed by atoms with E-state index >= 15 is 0 Å². The van der Waals surface area contributed by atoms with Crippen LogP contribution in [0.1, 0.15) is 11.3 Å². The Kier molecular flexibility index (Phi) is 3.92. The zero-order valence-electron chi connectivity index (χ0n) is 12.8. The normalized spacial score (nSPS) is 11.1. The molecule has 24 heavy (non-hydrogen) atoms. The molecule has 0 unspecified atom stereocenters. The molecule has 0 saturated heterocycles. The fourth-order valence-corrected chi connectivity index (χ4v) is 3.64. The lowest BCUT2D eigenvalue weighted by molar-refractivity contribution is 0.390. The van der Waals surface area contributed by atoms with Crippen LogP contribution in [0.5, 0.6) is 0 Å². The molecule has 0 fully saturated rings. The molecule has 0 bridgehead atoms. The van der Waals surface area contributed by atoms with E-state index in [0.29, 0.717) is 17.3 Å². The largest absolute Gasteiger partial charge is 0.362 e. The first kappa shape index (κ1) is 15.1. The number of aromatic nitrogens is 3. The van der Waals surface area contributed by atoms with Crippen LogP contribution in [0.2, 0.25) is 5.02 Å². The van der Waals surface area contributed by atoms with Crippen LogP contribution in [0.25, 0.3) is 21.5 Å². The Labute approximate surface area is 147 Å². The van der Waals surface area contributed by atoms with Crippen LogP contribution in [0.3, 0.4) is 0 Å². The number of rotatable bonds is 4. The summed E-state index contributed by atoms with van der Waals surface area (Å²) in [4.78, 5) is 9.60. The monoisotopic (exact) mass is 356 g/mol. The average Bonchev–Trinajstić information content (AvgIpc) is 3.21. The molecular weight excluding hydrogens is 344 g/mol. The second-order valence-electron chi connectivity index (χ2n) is 5.33. The Morgan fingerprint density at radius 3 is 3.00 bits per heavy atom. The van der Waals surface area contributed by atoms with Gasteiger partial charge in [0, 0.05) is 11.6 Å². The quantitative estimate of drug-likeness (QED) is 0.562. The molecule has 0 saturated carbocycles. The van der Waals surface area contributed by atoms with E-state index in [1.165, 1.54) is 0 Å². The van der Waals surface area contributed by atoms with Crippen molar-refractivity contribution in [1.29, 1.82) is 0 Å². The van der Waals surface area contributed by atoms with Crippen molar-refractivity contribution in [3.63, 3.8) is 0 Å². The van der Waals surface area contributed by atoms with Gasteiger partial charge in [-0.1, -0.05) is 35.0 Å². The molecule has 0 radical (unpaired) electrons. The maximum Gasteiger partial charge on any atom is 0.156 e. The predicted molar refractivity (Wildman–Crippen MR) is 96.4 cm³/mol. The number of hydrogen-bond donors (Lipinski definition) is 1. The van der Waals surface area contributed by atoms with E-state index in [2.05, 4.69) is 32.7 Å². The van der Waals surface area contributed by atoms with Gasteiger partial charge in [0.2, 0.25) is 0 Å². The first-order valence-electron chi connectivity index (χ1n) is 7.35. The molecule has 7 heteroatoms. The molecule has 0 aliphatic carbocycles. The summed E-state index contributed by atoms with van der Waals surface area (Å²) in [5.41, 5.74) is 2.73. The van der Waals surface area contributed by atoms with E-state index < -0.39 is 0 Å². The second kappa shape index (κ2) is 6.22.